The van der Waals surface area contributed by atoms with Crippen molar-refractivity contribution in [2.75, 3.05) is 19.4 Å². The molecule has 2 rings (SSSR count). The highest BCUT2D eigenvalue weighted by molar-refractivity contribution is 7.92. The average molecular weight is 331 g/mol. The van der Waals surface area contributed by atoms with Gasteiger partial charge in [-0.1, -0.05) is 0 Å². The van der Waals surface area contributed by atoms with Gasteiger partial charge in [0.2, 0.25) is 5.91 Å². The summed E-state index contributed by atoms with van der Waals surface area (Å²) in [5, 5.41) is -0.756. The number of ketones is 1. The molecule has 1 saturated heterocycles. The second kappa shape index (κ2) is 6.36. The molecule has 0 spiro atoms. The molecule has 1 aliphatic heterocycles. The van der Waals surface area contributed by atoms with E-state index in [0.29, 0.717) is 0 Å². The van der Waals surface area contributed by atoms with E-state index in [2.05, 4.69) is 4.74 Å². The van der Waals surface area contributed by atoms with Gasteiger partial charge in [0.25, 0.3) is 0 Å². The SMILES string of the molecule is COC(=O)C1CC(S(=O)(=O)CC2CC2)CN1C(=O)CC(C)=O. The summed E-state index contributed by atoms with van der Waals surface area (Å²) in [5.74, 6) is -1.16. The lowest BCUT2D eigenvalue weighted by atomic mass is 10.2. The van der Waals surface area contributed by atoms with Crippen molar-refractivity contribution in [3.05, 3.63) is 0 Å². The summed E-state index contributed by atoms with van der Waals surface area (Å²) < 4.78 is 29.4. The first-order valence-electron chi connectivity index (χ1n) is 7.33. The van der Waals surface area contributed by atoms with E-state index >= 15 is 0 Å². The number of Topliss-reactive ketones (excluding diaryl/α,β-unsaturated/α-hetero) is 1. The Kier molecular flexibility index (Phi) is 4.89. The lowest BCUT2D eigenvalue weighted by molar-refractivity contribution is -0.151. The number of hydrogen-bond acceptors (Lipinski definition) is 6. The van der Waals surface area contributed by atoms with Gasteiger partial charge in [-0.05, 0) is 32.1 Å². The molecule has 0 aromatic heterocycles. The summed E-state index contributed by atoms with van der Waals surface area (Å²) in [6.07, 6.45) is 1.55. The molecule has 8 heteroatoms. The third-order valence-corrected chi connectivity index (χ3v) is 6.42. The Morgan fingerprint density at radius 1 is 1.23 bits per heavy atom. The molecule has 1 amide bonds. The number of carbonyl (C=O) groups excluding carboxylic acids is 3. The van der Waals surface area contributed by atoms with Crippen molar-refractivity contribution in [1.82, 2.24) is 4.90 Å². The summed E-state index contributed by atoms with van der Waals surface area (Å²) in [7, 11) is -2.16. The molecule has 0 radical (unpaired) electrons. The molecular formula is C14H21NO6S. The fourth-order valence-electron chi connectivity index (χ4n) is 2.76. The van der Waals surface area contributed by atoms with Crippen LogP contribution in [0, 0.1) is 5.92 Å². The van der Waals surface area contributed by atoms with Crippen LogP contribution in [0.3, 0.4) is 0 Å². The Hall–Kier alpha value is -1.44. The highest BCUT2D eigenvalue weighted by Crippen LogP contribution is 2.34. The molecule has 0 bridgehead atoms. The number of amides is 1. The predicted octanol–water partition coefficient (Wildman–Crippen LogP) is -0.0672. The zero-order valence-corrected chi connectivity index (χ0v) is 13.6. The molecular weight excluding hydrogens is 310 g/mol. The molecule has 7 nitrogen and oxygen atoms in total. The number of sulfone groups is 1. The number of hydrogen-bond donors (Lipinski definition) is 0. The van der Waals surface area contributed by atoms with E-state index in [-0.39, 0.29) is 36.8 Å². The predicted molar refractivity (Wildman–Crippen MR) is 77.7 cm³/mol. The second-order valence-electron chi connectivity index (χ2n) is 6.09. The lowest BCUT2D eigenvalue weighted by Crippen LogP contribution is -2.42. The number of likely N-dealkylation sites (tertiary alicyclic amines) is 1. The molecule has 2 unspecified atom stereocenters. The van der Waals surface area contributed by atoms with Crippen LogP contribution in [0.2, 0.25) is 0 Å². The quantitative estimate of drug-likeness (QED) is 0.499. The van der Waals surface area contributed by atoms with Crippen molar-refractivity contribution < 1.29 is 27.5 Å². The molecule has 2 fully saturated rings. The Bertz CT molecular complexity index is 580. The van der Waals surface area contributed by atoms with Crippen LogP contribution in [0.1, 0.15) is 32.6 Å². The van der Waals surface area contributed by atoms with Gasteiger partial charge >= 0.3 is 5.97 Å². The molecule has 0 aromatic rings. The molecule has 2 aliphatic rings. The van der Waals surface area contributed by atoms with Crippen LogP contribution >= 0.6 is 0 Å². The average Bonchev–Trinajstić information content (AvgIpc) is 3.09. The summed E-state index contributed by atoms with van der Waals surface area (Å²) >= 11 is 0. The highest BCUT2D eigenvalue weighted by atomic mass is 32.2. The molecule has 1 saturated carbocycles. The zero-order valence-electron chi connectivity index (χ0n) is 12.8. The van der Waals surface area contributed by atoms with Crippen LogP contribution in [0.5, 0.6) is 0 Å². The van der Waals surface area contributed by atoms with E-state index in [4.69, 9.17) is 0 Å². The first-order valence-corrected chi connectivity index (χ1v) is 9.04. The van der Waals surface area contributed by atoms with E-state index in [9.17, 15) is 22.8 Å². The van der Waals surface area contributed by atoms with Crippen molar-refractivity contribution in [2.24, 2.45) is 5.92 Å². The first-order chi connectivity index (χ1) is 10.2. The van der Waals surface area contributed by atoms with Gasteiger partial charge in [0.05, 0.1) is 24.5 Å². The number of methoxy groups -OCH3 is 1. The minimum atomic E-state index is -3.35. The van der Waals surface area contributed by atoms with Crippen molar-refractivity contribution in [3.63, 3.8) is 0 Å². The molecule has 2 atom stereocenters. The van der Waals surface area contributed by atoms with Gasteiger partial charge in [0, 0.05) is 6.54 Å². The maximum Gasteiger partial charge on any atom is 0.328 e. The maximum absolute atomic E-state index is 12.4. The van der Waals surface area contributed by atoms with E-state index < -0.39 is 33.0 Å². The number of nitrogens with zero attached hydrogens (tertiary/aromatic N) is 1. The maximum atomic E-state index is 12.4. The van der Waals surface area contributed by atoms with E-state index in [1.165, 1.54) is 18.9 Å². The fraction of sp³-hybridized carbons (Fsp3) is 0.786. The summed E-state index contributed by atoms with van der Waals surface area (Å²) in [6.45, 7) is 1.24. The largest absolute Gasteiger partial charge is 0.467 e. The number of ether oxygens (including phenoxy) is 1. The van der Waals surface area contributed by atoms with Crippen LogP contribution in [0.15, 0.2) is 0 Å². The monoisotopic (exact) mass is 331 g/mol. The van der Waals surface area contributed by atoms with E-state index in [1.807, 2.05) is 0 Å². The second-order valence-corrected chi connectivity index (χ2v) is 8.42. The van der Waals surface area contributed by atoms with Gasteiger partial charge in [-0.2, -0.15) is 0 Å². The van der Waals surface area contributed by atoms with Crippen LogP contribution in [-0.2, 0) is 29.0 Å². The number of rotatable bonds is 6. The molecule has 22 heavy (non-hydrogen) atoms. The standard InChI is InChI=1S/C14H21NO6S/c1-9(16)5-13(17)15-7-11(6-12(15)14(18)21-2)22(19,20)8-10-3-4-10/h10-12H,3-8H2,1-2H3. The Labute approximate surface area is 129 Å². The van der Waals surface area contributed by atoms with Crippen molar-refractivity contribution in [3.8, 4) is 0 Å². The fourth-order valence-corrected chi connectivity index (χ4v) is 4.88. The van der Waals surface area contributed by atoms with Gasteiger partial charge in [0.1, 0.15) is 11.8 Å². The van der Waals surface area contributed by atoms with Crippen LogP contribution < -0.4 is 0 Å². The Balaban J connectivity index is 2.14. The highest BCUT2D eigenvalue weighted by Gasteiger charge is 2.46. The van der Waals surface area contributed by atoms with Crippen molar-refractivity contribution in [1.29, 1.82) is 0 Å². The molecule has 0 N–H and O–H groups in total. The smallest absolute Gasteiger partial charge is 0.328 e. The van der Waals surface area contributed by atoms with Gasteiger partial charge in [0.15, 0.2) is 9.84 Å². The van der Waals surface area contributed by atoms with E-state index in [1.54, 1.807) is 0 Å². The third-order valence-electron chi connectivity index (χ3n) is 4.13. The van der Waals surface area contributed by atoms with E-state index in [0.717, 1.165) is 12.8 Å². The van der Waals surface area contributed by atoms with Gasteiger partial charge in [-0.3, -0.25) is 9.59 Å². The topological polar surface area (TPSA) is 97.8 Å². The van der Waals surface area contributed by atoms with Crippen molar-refractivity contribution in [2.45, 2.75) is 43.9 Å². The Morgan fingerprint density at radius 3 is 2.36 bits per heavy atom. The number of carbonyl (C=O) groups is 3. The normalized spacial score (nSPS) is 25.1. The Morgan fingerprint density at radius 2 is 1.86 bits per heavy atom. The molecule has 0 aromatic carbocycles. The van der Waals surface area contributed by atoms with Gasteiger partial charge < -0.3 is 9.64 Å². The summed E-state index contributed by atoms with van der Waals surface area (Å²) in [6, 6.07) is -0.921. The first kappa shape index (κ1) is 16.9. The summed E-state index contributed by atoms with van der Waals surface area (Å²) in [4.78, 5) is 36.2. The number of esters is 1. The van der Waals surface area contributed by atoms with Crippen LogP contribution in [0.4, 0.5) is 0 Å². The molecule has 124 valence electrons. The zero-order chi connectivity index (χ0) is 16.5. The van der Waals surface area contributed by atoms with Crippen LogP contribution in [-0.4, -0.2) is 61.7 Å². The lowest BCUT2D eigenvalue weighted by Gasteiger charge is -2.22. The van der Waals surface area contributed by atoms with Crippen molar-refractivity contribution >= 4 is 27.5 Å². The minimum absolute atomic E-state index is 0.0407. The van der Waals surface area contributed by atoms with Gasteiger partial charge in [-0.25, -0.2) is 13.2 Å². The minimum Gasteiger partial charge on any atom is -0.467 e. The van der Waals surface area contributed by atoms with Gasteiger partial charge in [-0.15, -0.1) is 0 Å². The molecule has 1 aliphatic carbocycles. The molecule has 1 heterocycles. The van der Waals surface area contributed by atoms with Crippen LogP contribution in [0.25, 0.3) is 0 Å². The third kappa shape index (κ3) is 3.85. The summed E-state index contributed by atoms with van der Waals surface area (Å²) in [5.41, 5.74) is 0.